The van der Waals surface area contributed by atoms with Gasteiger partial charge in [-0.1, -0.05) is 32.8 Å². The molecule has 1 aromatic heterocycles. The molecular weight excluding hydrogens is 314 g/mol. The molecule has 0 aliphatic carbocycles. The van der Waals surface area contributed by atoms with Crippen LogP contribution in [0.5, 0.6) is 0 Å². The molecule has 1 aromatic rings. The predicted octanol–water partition coefficient (Wildman–Crippen LogP) is 3.20. The van der Waals surface area contributed by atoms with Crippen molar-refractivity contribution < 1.29 is 9.90 Å². The second-order valence-corrected chi connectivity index (χ2v) is 7.42. The second-order valence-electron chi connectivity index (χ2n) is 7.42. The molecule has 5 heteroatoms. The summed E-state index contributed by atoms with van der Waals surface area (Å²) in [6, 6.07) is 4.34. The standard InChI is InChI=1S/C20H33N3O2/c1-4-10-20(25,11-5-2)14-19(24)22-17-8-12-23(13-9-17)18-7-6-16(3)15-21-18/h6-7,15,17,25H,4-5,8-14H2,1-3H3,(H,22,24). The first kappa shape index (κ1) is 19.7. The topological polar surface area (TPSA) is 65.5 Å². The SMILES string of the molecule is CCCC(O)(CCC)CC(=O)NC1CCN(c2ccc(C)cn2)CC1. The van der Waals surface area contributed by atoms with E-state index in [9.17, 15) is 9.90 Å². The monoisotopic (exact) mass is 347 g/mol. The van der Waals surface area contributed by atoms with E-state index in [1.165, 1.54) is 0 Å². The smallest absolute Gasteiger partial charge is 0.223 e. The number of aliphatic hydroxyl groups is 1. The van der Waals surface area contributed by atoms with Crippen LogP contribution in [0.3, 0.4) is 0 Å². The van der Waals surface area contributed by atoms with Gasteiger partial charge in [0.25, 0.3) is 0 Å². The third kappa shape index (κ3) is 5.99. The number of aryl methyl sites for hydroxylation is 1. The molecule has 0 aromatic carbocycles. The van der Waals surface area contributed by atoms with Crippen molar-refractivity contribution in [2.75, 3.05) is 18.0 Å². The van der Waals surface area contributed by atoms with Crippen LogP contribution in [0, 0.1) is 6.92 Å². The summed E-state index contributed by atoms with van der Waals surface area (Å²) in [6.07, 6.45) is 7.11. The van der Waals surface area contributed by atoms with Crippen LogP contribution in [-0.4, -0.2) is 40.7 Å². The molecular formula is C20H33N3O2. The number of hydrogen-bond donors (Lipinski definition) is 2. The molecule has 25 heavy (non-hydrogen) atoms. The Balaban J connectivity index is 1.80. The molecule has 1 aliphatic rings. The highest BCUT2D eigenvalue weighted by molar-refractivity contribution is 5.77. The van der Waals surface area contributed by atoms with E-state index < -0.39 is 5.60 Å². The van der Waals surface area contributed by atoms with Crippen LogP contribution >= 0.6 is 0 Å². The molecule has 1 fully saturated rings. The predicted molar refractivity (Wildman–Crippen MR) is 102 cm³/mol. The Morgan fingerprint density at radius 2 is 1.92 bits per heavy atom. The zero-order chi connectivity index (χ0) is 18.3. The van der Waals surface area contributed by atoms with Gasteiger partial charge in [0.15, 0.2) is 0 Å². The van der Waals surface area contributed by atoms with E-state index in [4.69, 9.17) is 0 Å². The lowest BCUT2D eigenvalue weighted by Gasteiger charge is -2.34. The van der Waals surface area contributed by atoms with Gasteiger partial charge in [0.2, 0.25) is 5.91 Å². The Kier molecular flexibility index (Phi) is 7.24. The number of hydrogen-bond acceptors (Lipinski definition) is 4. The van der Waals surface area contributed by atoms with Gasteiger partial charge in [0.05, 0.1) is 12.0 Å². The van der Waals surface area contributed by atoms with Gasteiger partial charge in [-0.15, -0.1) is 0 Å². The number of aromatic nitrogens is 1. The number of piperidine rings is 1. The average molecular weight is 348 g/mol. The van der Waals surface area contributed by atoms with Crippen LogP contribution in [-0.2, 0) is 4.79 Å². The van der Waals surface area contributed by atoms with E-state index in [1.807, 2.05) is 27.0 Å². The lowest BCUT2D eigenvalue weighted by atomic mass is 9.89. The van der Waals surface area contributed by atoms with Crippen molar-refractivity contribution >= 4 is 11.7 Å². The normalized spacial score (nSPS) is 16.1. The summed E-state index contributed by atoms with van der Waals surface area (Å²) in [6.45, 7) is 7.93. The number of anilines is 1. The van der Waals surface area contributed by atoms with Crippen molar-refractivity contribution in [3.63, 3.8) is 0 Å². The maximum atomic E-state index is 12.4. The van der Waals surface area contributed by atoms with Gasteiger partial charge < -0.3 is 15.3 Å². The van der Waals surface area contributed by atoms with Crippen LogP contribution < -0.4 is 10.2 Å². The molecule has 5 nitrogen and oxygen atoms in total. The minimum absolute atomic E-state index is 0.0173. The molecule has 0 atom stereocenters. The van der Waals surface area contributed by atoms with Gasteiger partial charge >= 0.3 is 0 Å². The zero-order valence-electron chi connectivity index (χ0n) is 15.9. The number of carbonyl (C=O) groups is 1. The largest absolute Gasteiger partial charge is 0.389 e. The summed E-state index contributed by atoms with van der Waals surface area (Å²) < 4.78 is 0. The fraction of sp³-hybridized carbons (Fsp3) is 0.700. The second kappa shape index (κ2) is 9.18. The summed E-state index contributed by atoms with van der Waals surface area (Å²) >= 11 is 0. The number of pyridine rings is 1. The van der Waals surface area contributed by atoms with Crippen molar-refractivity contribution in [1.29, 1.82) is 0 Å². The Morgan fingerprint density at radius 1 is 1.28 bits per heavy atom. The first-order valence-electron chi connectivity index (χ1n) is 9.65. The van der Waals surface area contributed by atoms with Gasteiger partial charge in [-0.2, -0.15) is 0 Å². The van der Waals surface area contributed by atoms with Crippen molar-refractivity contribution in [2.45, 2.75) is 77.4 Å². The molecule has 0 unspecified atom stereocenters. The maximum Gasteiger partial charge on any atom is 0.223 e. The molecule has 2 heterocycles. The number of carbonyl (C=O) groups excluding carboxylic acids is 1. The highest BCUT2D eigenvalue weighted by atomic mass is 16.3. The van der Waals surface area contributed by atoms with Crippen LogP contribution in [0.15, 0.2) is 18.3 Å². The maximum absolute atomic E-state index is 12.4. The van der Waals surface area contributed by atoms with E-state index in [2.05, 4.69) is 27.3 Å². The summed E-state index contributed by atoms with van der Waals surface area (Å²) in [5.41, 5.74) is 0.317. The Labute approximate surface area is 151 Å². The minimum atomic E-state index is -0.847. The molecule has 0 saturated carbocycles. The fourth-order valence-corrected chi connectivity index (χ4v) is 3.71. The van der Waals surface area contributed by atoms with E-state index >= 15 is 0 Å². The van der Waals surface area contributed by atoms with E-state index in [-0.39, 0.29) is 18.4 Å². The van der Waals surface area contributed by atoms with Crippen LogP contribution in [0.4, 0.5) is 5.82 Å². The molecule has 0 bridgehead atoms. The van der Waals surface area contributed by atoms with Gasteiger partial charge in [0, 0.05) is 25.3 Å². The van der Waals surface area contributed by atoms with Crippen LogP contribution in [0.2, 0.25) is 0 Å². The highest BCUT2D eigenvalue weighted by Crippen LogP contribution is 2.24. The number of nitrogens with zero attached hydrogens (tertiary/aromatic N) is 2. The van der Waals surface area contributed by atoms with Crippen molar-refractivity contribution in [3.05, 3.63) is 23.9 Å². The summed E-state index contributed by atoms with van der Waals surface area (Å²) in [5, 5.41) is 13.8. The molecule has 0 radical (unpaired) electrons. The van der Waals surface area contributed by atoms with Crippen molar-refractivity contribution in [1.82, 2.24) is 10.3 Å². The van der Waals surface area contributed by atoms with Crippen LogP contribution in [0.1, 0.15) is 64.4 Å². The van der Waals surface area contributed by atoms with E-state index in [0.717, 1.165) is 50.2 Å². The summed E-state index contributed by atoms with van der Waals surface area (Å²) in [4.78, 5) is 19.1. The Morgan fingerprint density at radius 3 is 2.44 bits per heavy atom. The molecule has 0 spiro atoms. The lowest BCUT2D eigenvalue weighted by molar-refractivity contribution is -0.127. The Hall–Kier alpha value is -1.62. The average Bonchev–Trinajstić information content (AvgIpc) is 2.56. The molecule has 2 rings (SSSR count). The van der Waals surface area contributed by atoms with Crippen molar-refractivity contribution in [2.24, 2.45) is 0 Å². The third-order valence-electron chi connectivity index (χ3n) is 5.00. The van der Waals surface area contributed by atoms with Crippen LogP contribution in [0.25, 0.3) is 0 Å². The van der Waals surface area contributed by atoms with E-state index in [1.54, 1.807) is 0 Å². The summed E-state index contributed by atoms with van der Waals surface area (Å²) in [7, 11) is 0. The number of amides is 1. The molecule has 1 amide bonds. The summed E-state index contributed by atoms with van der Waals surface area (Å²) in [5.74, 6) is 0.993. The molecule has 1 aliphatic heterocycles. The fourth-order valence-electron chi connectivity index (χ4n) is 3.71. The molecule has 140 valence electrons. The number of nitrogens with one attached hydrogen (secondary N) is 1. The number of rotatable bonds is 8. The lowest BCUT2D eigenvalue weighted by Crippen LogP contribution is -2.47. The van der Waals surface area contributed by atoms with Gasteiger partial charge in [-0.25, -0.2) is 4.98 Å². The first-order valence-corrected chi connectivity index (χ1v) is 9.65. The quantitative estimate of drug-likeness (QED) is 0.758. The zero-order valence-corrected chi connectivity index (χ0v) is 15.9. The van der Waals surface area contributed by atoms with Gasteiger partial charge in [-0.3, -0.25) is 4.79 Å². The molecule has 2 N–H and O–H groups in total. The van der Waals surface area contributed by atoms with Gasteiger partial charge in [-0.05, 0) is 44.2 Å². The first-order chi connectivity index (χ1) is 12.0. The van der Waals surface area contributed by atoms with Crippen molar-refractivity contribution in [3.8, 4) is 0 Å². The minimum Gasteiger partial charge on any atom is -0.389 e. The Bertz CT molecular complexity index is 530. The highest BCUT2D eigenvalue weighted by Gasteiger charge is 2.29. The third-order valence-corrected chi connectivity index (χ3v) is 5.00. The molecule has 1 saturated heterocycles. The van der Waals surface area contributed by atoms with Gasteiger partial charge in [0.1, 0.15) is 5.82 Å². The van der Waals surface area contributed by atoms with E-state index in [0.29, 0.717) is 12.8 Å².